The molecule has 0 radical (unpaired) electrons. The van der Waals surface area contributed by atoms with Gasteiger partial charge < -0.3 is 20.5 Å². The van der Waals surface area contributed by atoms with Gasteiger partial charge in [0.2, 0.25) is 5.91 Å². The number of benzene rings is 2. The van der Waals surface area contributed by atoms with Gasteiger partial charge in [-0.2, -0.15) is 0 Å². The molecule has 37 heavy (non-hydrogen) atoms. The molecule has 0 aliphatic rings. The van der Waals surface area contributed by atoms with Crippen molar-refractivity contribution in [3.05, 3.63) is 64.7 Å². The number of amides is 3. The first-order valence-electron chi connectivity index (χ1n) is 12.2. The van der Waals surface area contributed by atoms with Gasteiger partial charge in [-0.1, -0.05) is 36.8 Å². The van der Waals surface area contributed by atoms with Gasteiger partial charge in [0, 0.05) is 18.5 Å². The van der Waals surface area contributed by atoms with Crippen LogP contribution in [0, 0.1) is 26.3 Å². The molecule has 8 nitrogen and oxygen atoms in total. The Balaban J connectivity index is 2.54. The lowest BCUT2D eigenvalue weighted by Gasteiger charge is -2.32. The van der Waals surface area contributed by atoms with E-state index in [0.29, 0.717) is 11.1 Å². The van der Waals surface area contributed by atoms with Crippen LogP contribution in [0.4, 0.5) is 4.79 Å². The molecular formula is C29H37N3O5. The third kappa shape index (κ3) is 8.28. The van der Waals surface area contributed by atoms with Crippen molar-refractivity contribution in [2.75, 3.05) is 0 Å². The molecule has 0 aliphatic carbocycles. The number of carbonyl (C=O) groups excluding carboxylic acids is 3. The van der Waals surface area contributed by atoms with Gasteiger partial charge in [0.15, 0.2) is 0 Å². The summed E-state index contributed by atoms with van der Waals surface area (Å²) in [5, 5.41) is 15.1. The van der Waals surface area contributed by atoms with E-state index in [9.17, 15) is 19.5 Å². The lowest BCUT2D eigenvalue weighted by molar-refractivity contribution is -0.138. The second-order valence-corrected chi connectivity index (χ2v) is 10.3. The third-order valence-electron chi connectivity index (χ3n) is 5.62. The molecule has 2 aromatic carbocycles. The van der Waals surface area contributed by atoms with E-state index in [1.54, 1.807) is 45.0 Å². The van der Waals surface area contributed by atoms with Gasteiger partial charge in [-0.15, -0.1) is 0 Å². The summed E-state index contributed by atoms with van der Waals surface area (Å²) in [6, 6.07) is 11.7. The number of nitrogens with zero attached hydrogens (tertiary/aromatic N) is 1. The van der Waals surface area contributed by atoms with Crippen molar-refractivity contribution in [1.29, 1.82) is 0 Å². The second-order valence-electron chi connectivity index (χ2n) is 10.3. The van der Waals surface area contributed by atoms with Crippen molar-refractivity contribution in [3.8, 4) is 18.2 Å². The quantitative estimate of drug-likeness (QED) is 0.368. The Labute approximate surface area is 219 Å². The number of hydrogen-bond donors (Lipinski definition) is 3. The summed E-state index contributed by atoms with van der Waals surface area (Å²) in [6.07, 6.45) is 5.11. The summed E-state index contributed by atoms with van der Waals surface area (Å²) in [6.45, 7) is 12.6. The fourth-order valence-corrected chi connectivity index (χ4v) is 3.78. The largest absolute Gasteiger partial charge is 0.508 e. The van der Waals surface area contributed by atoms with E-state index in [0.717, 1.165) is 16.0 Å². The maximum absolute atomic E-state index is 13.9. The van der Waals surface area contributed by atoms with Gasteiger partial charge >= 0.3 is 6.09 Å². The zero-order valence-electron chi connectivity index (χ0n) is 22.6. The van der Waals surface area contributed by atoms with Crippen LogP contribution in [-0.4, -0.2) is 45.6 Å². The van der Waals surface area contributed by atoms with Gasteiger partial charge in [-0.25, -0.2) is 4.79 Å². The van der Waals surface area contributed by atoms with Crippen LogP contribution in [0.1, 0.15) is 62.9 Å². The first-order valence-corrected chi connectivity index (χ1v) is 12.2. The number of aromatic hydroxyl groups is 1. The van der Waals surface area contributed by atoms with Crippen molar-refractivity contribution in [1.82, 2.24) is 15.5 Å². The van der Waals surface area contributed by atoms with E-state index >= 15 is 0 Å². The summed E-state index contributed by atoms with van der Waals surface area (Å²) in [5.41, 5.74) is 2.23. The Morgan fingerprint density at radius 3 is 2.22 bits per heavy atom. The molecule has 0 saturated carbocycles. The normalized spacial score (nSPS) is 12.7. The number of nitrogens with one attached hydrogen (secondary N) is 2. The van der Waals surface area contributed by atoms with Crippen molar-refractivity contribution < 1.29 is 24.2 Å². The Morgan fingerprint density at radius 1 is 1.05 bits per heavy atom. The van der Waals surface area contributed by atoms with E-state index in [-0.39, 0.29) is 18.2 Å². The van der Waals surface area contributed by atoms with Crippen molar-refractivity contribution in [2.45, 2.75) is 78.6 Å². The predicted octanol–water partition coefficient (Wildman–Crippen LogP) is 4.13. The Morgan fingerprint density at radius 2 is 1.68 bits per heavy atom. The average molecular weight is 508 g/mol. The molecule has 2 unspecified atom stereocenters. The smallest absolute Gasteiger partial charge is 0.408 e. The number of ether oxygens (including phenoxy) is 1. The van der Waals surface area contributed by atoms with Crippen LogP contribution in [-0.2, 0) is 20.7 Å². The van der Waals surface area contributed by atoms with Gasteiger partial charge in [-0.3, -0.25) is 14.5 Å². The third-order valence-corrected chi connectivity index (χ3v) is 5.62. The van der Waals surface area contributed by atoms with E-state index in [1.807, 2.05) is 33.8 Å². The fourth-order valence-electron chi connectivity index (χ4n) is 3.78. The summed E-state index contributed by atoms with van der Waals surface area (Å²) in [7, 11) is 0. The number of alkyl carbamates (subject to hydrolysis) is 1. The molecule has 0 saturated heterocycles. The van der Waals surface area contributed by atoms with Gasteiger partial charge in [0.25, 0.3) is 5.91 Å². The highest BCUT2D eigenvalue weighted by Gasteiger charge is 2.37. The molecule has 2 rings (SSSR count). The van der Waals surface area contributed by atoms with E-state index in [1.165, 1.54) is 12.1 Å². The van der Waals surface area contributed by atoms with Crippen LogP contribution in [0.5, 0.6) is 5.75 Å². The maximum atomic E-state index is 13.9. The number of carbonyl (C=O) groups is 3. The molecule has 8 heteroatoms. The minimum Gasteiger partial charge on any atom is -0.508 e. The number of phenols is 1. The highest BCUT2D eigenvalue weighted by molar-refractivity contribution is 5.93. The summed E-state index contributed by atoms with van der Waals surface area (Å²) in [4.78, 5) is 41.0. The number of aryl methyl sites for hydroxylation is 1. The monoisotopic (exact) mass is 507 g/mol. The molecule has 0 aliphatic heterocycles. The summed E-state index contributed by atoms with van der Waals surface area (Å²) >= 11 is 0. The van der Waals surface area contributed by atoms with Crippen LogP contribution >= 0.6 is 0 Å². The lowest BCUT2D eigenvalue weighted by Crippen LogP contribution is -2.52. The number of phenolic OH excluding ortho intramolecular Hbond substituents is 1. The molecular weight excluding hydrogens is 470 g/mol. The predicted molar refractivity (Wildman–Crippen MR) is 143 cm³/mol. The molecule has 0 spiro atoms. The summed E-state index contributed by atoms with van der Waals surface area (Å²) < 4.78 is 5.38. The van der Waals surface area contributed by atoms with Crippen LogP contribution in [0.25, 0.3) is 0 Å². The lowest BCUT2D eigenvalue weighted by atomic mass is 9.94. The molecule has 198 valence electrons. The molecule has 2 atom stereocenters. The molecule has 3 amide bonds. The maximum Gasteiger partial charge on any atom is 0.408 e. The van der Waals surface area contributed by atoms with Gasteiger partial charge in [0.1, 0.15) is 23.4 Å². The topological polar surface area (TPSA) is 108 Å². The molecule has 0 aromatic heterocycles. The fraction of sp³-hybridized carbons (Fsp3) is 0.414. The first kappa shape index (κ1) is 29.2. The molecule has 0 heterocycles. The number of terminal acetylenes is 1. The number of hydrogen-bond acceptors (Lipinski definition) is 5. The van der Waals surface area contributed by atoms with Crippen LogP contribution in [0.3, 0.4) is 0 Å². The highest BCUT2D eigenvalue weighted by atomic mass is 16.6. The summed E-state index contributed by atoms with van der Waals surface area (Å²) in [5.74, 6) is -1.01. The number of rotatable bonds is 8. The second kappa shape index (κ2) is 12.3. The average Bonchev–Trinajstić information content (AvgIpc) is 2.78. The molecule has 3 N–H and O–H groups in total. The van der Waals surface area contributed by atoms with Gasteiger partial charge in [0.05, 0.1) is 0 Å². The zero-order valence-corrected chi connectivity index (χ0v) is 22.6. The van der Waals surface area contributed by atoms with Crippen LogP contribution in [0.15, 0.2) is 42.5 Å². The van der Waals surface area contributed by atoms with E-state index in [2.05, 4.69) is 16.7 Å². The Bertz CT molecular complexity index is 1160. The highest BCUT2D eigenvalue weighted by Crippen LogP contribution is 2.27. The first-order chi connectivity index (χ1) is 17.2. The van der Waals surface area contributed by atoms with Crippen molar-refractivity contribution in [2.24, 2.45) is 0 Å². The Kier molecular flexibility index (Phi) is 9.73. The van der Waals surface area contributed by atoms with Crippen LogP contribution in [0.2, 0.25) is 0 Å². The van der Waals surface area contributed by atoms with E-state index < -0.39 is 35.6 Å². The zero-order chi connectivity index (χ0) is 27.9. The van der Waals surface area contributed by atoms with Gasteiger partial charge in [-0.05, 0) is 82.9 Å². The minimum atomic E-state index is -1.14. The molecule has 2 aromatic rings. The molecule has 0 fully saturated rings. The van der Waals surface area contributed by atoms with E-state index in [4.69, 9.17) is 11.2 Å². The van der Waals surface area contributed by atoms with Crippen molar-refractivity contribution >= 4 is 17.9 Å². The standard InChI is InChI=1S/C29H37N3O5/c1-9-32(25(26(34)30-18(2)3)23-12-10-11-19(4)20(23)5)27(35)24(31-28(36)37-29(6,7)8)17-21-13-15-22(33)16-14-21/h1,10-16,18,24-25,33H,17H2,2-8H3,(H,30,34)(H,31,36). The van der Waals surface area contributed by atoms with Crippen molar-refractivity contribution in [3.63, 3.8) is 0 Å². The SMILES string of the molecule is C#CN(C(=O)C(Cc1ccc(O)cc1)NC(=O)OC(C)(C)C)C(C(=O)NC(C)C)c1cccc(C)c1C. The van der Waals surface area contributed by atoms with Crippen LogP contribution < -0.4 is 10.6 Å². The Hall–Kier alpha value is -3.99. The minimum absolute atomic E-state index is 0.0574. The molecule has 0 bridgehead atoms.